The lowest BCUT2D eigenvalue weighted by Gasteiger charge is -1.78. The molecule has 0 aromatic rings. The van der Waals surface area contributed by atoms with Crippen LogP contribution < -0.4 is 0 Å². The normalized spacial score (nSPS) is 5.44. The summed E-state index contributed by atoms with van der Waals surface area (Å²) in [7, 11) is 0. The van der Waals surface area contributed by atoms with E-state index in [0.717, 1.165) is 6.29 Å². The summed E-state index contributed by atoms with van der Waals surface area (Å²) in [5, 5.41) is 6.50. The van der Waals surface area contributed by atoms with E-state index in [4.69, 9.17) is 10.1 Å². The van der Waals surface area contributed by atoms with Crippen LogP contribution in [-0.4, -0.2) is 13.1 Å². The number of hydrogen-bond donors (Lipinski definition) is 0. The number of aldehydes is 1. The summed E-state index contributed by atoms with van der Waals surface area (Å²) in [5.74, 6) is 0.204. The smallest absolute Gasteiger partial charge is 0.122 e. The minimum absolute atomic E-state index is 0.204. The molecule has 0 aromatic heterocycles. The molecule has 0 aliphatic heterocycles. The van der Waals surface area contributed by atoms with Crippen LogP contribution in [0.25, 0.3) is 0 Å². The van der Waals surface area contributed by atoms with Crippen molar-refractivity contribution in [2.24, 2.45) is 5.92 Å². The third kappa shape index (κ3) is 231. The number of hydrogen-bond acceptors (Lipinski definition) is 3. The average Bonchev–Trinajstić information content (AvgIpc) is 1.97. The summed E-state index contributed by atoms with van der Waals surface area (Å²) < 4.78 is 0. The van der Waals surface area contributed by atoms with Crippen LogP contribution in [0.15, 0.2) is 0 Å². The van der Waals surface area contributed by atoms with Crippen molar-refractivity contribution in [2.45, 2.75) is 13.8 Å². The summed E-state index contributed by atoms with van der Waals surface area (Å²) in [5.41, 5.74) is 0. The maximum Gasteiger partial charge on any atom is 0.122 e. The Balaban J connectivity index is -0.0000000771. The zero-order valence-corrected chi connectivity index (χ0v) is 5.70. The van der Waals surface area contributed by atoms with E-state index in [1.165, 1.54) is 0 Å². The molecular formula is C6H11NO2. The van der Waals surface area contributed by atoms with Crippen LogP contribution in [0.4, 0.5) is 0 Å². The van der Waals surface area contributed by atoms with E-state index < -0.39 is 0 Å². The van der Waals surface area contributed by atoms with Gasteiger partial charge in [-0.25, -0.2) is 5.26 Å². The Kier molecular flexibility index (Phi) is 50.4. The molecular weight excluding hydrogens is 118 g/mol. The number of carbonyl (C=O) groups is 2. The zero-order valence-electron chi connectivity index (χ0n) is 5.70. The molecule has 0 unspecified atom stereocenters. The summed E-state index contributed by atoms with van der Waals surface area (Å²) in [6, 6.07) is 0. The standard InChI is InChI=1S/C4H8O.CHN.CH2O/c1-4(2)3-5;2*1-2/h3-4H,1-2H3;1H;1H2. The Morgan fingerprint density at radius 2 is 1.56 bits per heavy atom. The fraction of sp³-hybridized carbons (Fsp3) is 0.500. The molecule has 3 heteroatoms. The Labute approximate surface area is 55.3 Å². The van der Waals surface area contributed by atoms with Crippen LogP contribution in [0, 0.1) is 17.8 Å². The quantitative estimate of drug-likeness (QED) is 0.492. The summed E-state index contributed by atoms with van der Waals surface area (Å²) in [6.07, 6.45) is 0.917. The van der Waals surface area contributed by atoms with Gasteiger partial charge in [-0.3, -0.25) is 0 Å². The highest BCUT2D eigenvalue weighted by Gasteiger charge is 1.79. The monoisotopic (exact) mass is 129 g/mol. The first-order valence-electron chi connectivity index (χ1n) is 2.27. The van der Waals surface area contributed by atoms with Gasteiger partial charge in [0, 0.05) is 12.5 Å². The van der Waals surface area contributed by atoms with Crippen molar-refractivity contribution in [3.8, 4) is 6.57 Å². The van der Waals surface area contributed by atoms with Crippen molar-refractivity contribution in [3.63, 3.8) is 0 Å². The average molecular weight is 129 g/mol. The Morgan fingerprint density at radius 1 is 1.44 bits per heavy atom. The van der Waals surface area contributed by atoms with Gasteiger partial charge in [0.15, 0.2) is 0 Å². The van der Waals surface area contributed by atoms with E-state index in [1.54, 1.807) is 0 Å². The van der Waals surface area contributed by atoms with Crippen LogP contribution >= 0.6 is 0 Å². The molecule has 0 amide bonds. The molecule has 0 saturated carbocycles. The van der Waals surface area contributed by atoms with Crippen molar-refractivity contribution >= 4 is 13.1 Å². The highest BCUT2D eigenvalue weighted by molar-refractivity contribution is 5.51. The highest BCUT2D eigenvalue weighted by Crippen LogP contribution is 1.78. The van der Waals surface area contributed by atoms with Crippen LogP contribution in [0.1, 0.15) is 13.8 Å². The van der Waals surface area contributed by atoms with Gasteiger partial charge in [0.05, 0.1) is 0 Å². The van der Waals surface area contributed by atoms with Crippen LogP contribution in [-0.2, 0) is 9.59 Å². The van der Waals surface area contributed by atoms with Crippen molar-refractivity contribution in [3.05, 3.63) is 0 Å². The van der Waals surface area contributed by atoms with Gasteiger partial charge in [-0.05, 0) is 0 Å². The molecule has 0 saturated heterocycles. The topological polar surface area (TPSA) is 57.9 Å². The second-order valence-electron chi connectivity index (χ2n) is 1.38. The Hall–Kier alpha value is -1.17. The molecule has 52 valence electrons. The first-order chi connectivity index (χ1) is 4.27. The lowest BCUT2D eigenvalue weighted by atomic mass is 10.3. The third-order valence-electron chi connectivity index (χ3n) is 0.272. The summed E-state index contributed by atoms with van der Waals surface area (Å²) >= 11 is 0. The predicted octanol–water partition coefficient (Wildman–Crippen LogP) is 0.796. The fourth-order valence-electron chi connectivity index (χ4n) is 0. The number of carbonyl (C=O) groups excluding carboxylic acids is 2. The Morgan fingerprint density at radius 3 is 1.56 bits per heavy atom. The second kappa shape index (κ2) is 29.0. The SMILES string of the molecule is C#N.C=O.CC(C)C=O. The number of nitrogens with zero attached hydrogens (tertiary/aromatic N) is 1. The third-order valence-corrected chi connectivity index (χ3v) is 0.272. The van der Waals surface area contributed by atoms with E-state index in [0.29, 0.717) is 0 Å². The van der Waals surface area contributed by atoms with Gasteiger partial charge in [0.25, 0.3) is 0 Å². The largest absolute Gasteiger partial charge is 0.307 e. The Bertz CT molecular complexity index is 68.7. The van der Waals surface area contributed by atoms with Crippen molar-refractivity contribution in [1.82, 2.24) is 0 Å². The van der Waals surface area contributed by atoms with Gasteiger partial charge in [-0.2, -0.15) is 0 Å². The maximum atomic E-state index is 9.50. The first-order valence-corrected chi connectivity index (χ1v) is 2.27. The minimum atomic E-state index is 0.204. The molecule has 3 nitrogen and oxygen atoms in total. The first kappa shape index (κ1) is 15.7. The molecule has 0 rings (SSSR count). The highest BCUT2D eigenvalue weighted by atomic mass is 16.1. The molecule has 0 fully saturated rings. The predicted molar refractivity (Wildman–Crippen MR) is 34.7 cm³/mol. The molecule has 0 heterocycles. The van der Waals surface area contributed by atoms with E-state index >= 15 is 0 Å². The van der Waals surface area contributed by atoms with E-state index in [9.17, 15) is 4.79 Å². The molecule has 0 radical (unpaired) electrons. The maximum absolute atomic E-state index is 9.50. The summed E-state index contributed by atoms with van der Waals surface area (Å²) in [4.78, 5) is 17.5. The van der Waals surface area contributed by atoms with E-state index in [-0.39, 0.29) is 5.92 Å². The lowest BCUT2D eigenvalue weighted by molar-refractivity contribution is -0.110. The second-order valence-corrected chi connectivity index (χ2v) is 1.38. The minimum Gasteiger partial charge on any atom is -0.307 e. The van der Waals surface area contributed by atoms with E-state index in [2.05, 4.69) is 6.57 Å². The molecule has 0 N–H and O–H groups in total. The zero-order chi connectivity index (χ0) is 8.28. The van der Waals surface area contributed by atoms with Crippen molar-refractivity contribution < 1.29 is 9.59 Å². The summed E-state index contributed by atoms with van der Waals surface area (Å²) in [6.45, 7) is 9.21. The molecule has 9 heavy (non-hydrogen) atoms. The fourth-order valence-corrected chi connectivity index (χ4v) is 0. The molecule has 0 spiro atoms. The van der Waals surface area contributed by atoms with Gasteiger partial charge in [0.2, 0.25) is 0 Å². The van der Waals surface area contributed by atoms with Crippen molar-refractivity contribution in [2.75, 3.05) is 0 Å². The van der Waals surface area contributed by atoms with Gasteiger partial charge in [0.1, 0.15) is 13.1 Å². The van der Waals surface area contributed by atoms with Crippen LogP contribution in [0.3, 0.4) is 0 Å². The van der Waals surface area contributed by atoms with Crippen LogP contribution in [0.5, 0.6) is 0 Å². The number of nitriles is 1. The molecule has 0 atom stereocenters. The lowest BCUT2D eigenvalue weighted by Crippen LogP contribution is -1.82. The van der Waals surface area contributed by atoms with Gasteiger partial charge < -0.3 is 9.59 Å². The van der Waals surface area contributed by atoms with Gasteiger partial charge in [-0.15, -0.1) is 0 Å². The molecule has 0 bridgehead atoms. The van der Waals surface area contributed by atoms with E-state index in [1.807, 2.05) is 20.6 Å². The van der Waals surface area contributed by atoms with Crippen LogP contribution in [0.2, 0.25) is 0 Å². The number of rotatable bonds is 1. The molecule has 0 aromatic carbocycles. The molecule has 0 aliphatic carbocycles. The van der Waals surface area contributed by atoms with Gasteiger partial charge in [-0.1, -0.05) is 13.8 Å². The van der Waals surface area contributed by atoms with Gasteiger partial charge >= 0.3 is 0 Å². The van der Waals surface area contributed by atoms with Crippen molar-refractivity contribution in [1.29, 1.82) is 5.26 Å². The molecule has 0 aliphatic rings.